The van der Waals surface area contributed by atoms with Gasteiger partial charge in [0, 0.05) is 7.05 Å². The summed E-state index contributed by atoms with van der Waals surface area (Å²) in [6.45, 7) is 4.00. The molecule has 1 saturated heterocycles. The van der Waals surface area contributed by atoms with Crippen LogP contribution in [0.15, 0.2) is 0 Å². The van der Waals surface area contributed by atoms with Gasteiger partial charge in [0.05, 0.1) is 12.5 Å². The van der Waals surface area contributed by atoms with E-state index in [1.807, 2.05) is 6.92 Å². The van der Waals surface area contributed by atoms with Crippen molar-refractivity contribution >= 4 is 5.91 Å². The third kappa shape index (κ3) is 2.25. The molecule has 0 saturated carbocycles. The molecule has 1 heterocycles. The predicted octanol–water partition coefficient (Wildman–Crippen LogP) is 0.738. The lowest BCUT2D eigenvalue weighted by molar-refractivity contribution is -0.181. The normalized spacial score (nSPS) is 22.0. The lowest BCUT2D eigenvalue weighted by Gasteiger charge is -2.38. The zero-order chi connectivity index (χ0) is 10.8. The Morgan fingerprint density at radius 1 is 1.43 bits per heavy atom. The fourth-order valence-corrected chi connectivity index (χ4v) is 1.79. The van der Waals surface area contributed by atoms with E-state index in [4.69, 9.17) is 4.84 Å². The molecule has 1 rings (SSSR count). The van der Waals surface area contributed by atoms with Gasteiger partial charge in [-0.1, -0.05) is 6.92 Å². The Kier molecular flexibility index (Phi) is 3.50. The number of amides is 1. The third-order valence-electron chi connectivity index (χ3n) is 3.17. The molecule has 1 aliphatic heterocycles. The van der Waals surface area contributed by atoms with E-state index in [0.29, 0.717) is 0 Å². The third-order valence-corrected chi connectivity index (χ3v) is 3.17. The smallest absolute Gasteiger partial charge is 0.251 e. The summed E-state index contributed by atoms with van der Waals surface area (Å²) in [5.41, 5.74) is -0.239. The minimum absolute atomic E-state index is 0.0908. The van der Waals surface area contributed by atoms with Gasteiger partial charge in [0.1, 0.15) is 0 Å². The molecule has 1 amide bonds. The summed E-state index contributed by atoms with van der Waals surface area (Å²) in [5.74, 6) is 0.0908. The summed E-state index contributed by atoms with van der Waals surface area (Å²) in [7, 11) is 5.28. The molecule has 1 aliphatic rings. The van der Waals surface area contributed by atoms with E-state index < -0.39 is 0 Å². The lowest BCUT2D eigenvalue weighted by atomic mass is 9.79. The minimum Gasteiger partial charge on any atom is -0.306 e. The largest absolute Gasteiger partial charge is 0.306 e. The highest BCUT2D eigenvalue weighted by Crippen LogP contribution is 2.32. The standard InChI is InChI=1S/C10H20N2O2/c1-10(9(13)12(3)14-4)5-7-11(2)8-6-10/h5-8H2,1-4H3. The Hall–Kier alpha value is -0.610. The molecule has 0 unspecified atom stereocenters. The van der Waals surface area contributed by atoms with Crippen molar-refractivity contribution in [2.75, 3.05) is 34.3 Å². The SMILES string of the molecule is CON(C)C(=O)C1(C)CCN(C)CC1. The van der Waals surface area contributed by atoms with Gasteiger partial charge in [-0.15, -0.1) is 0 Å². The Balaban J connectivity index is 2.61. The number of hydroxylamine groups is 2. The van der Waals surface area contributed by atoms with Gasteiger partial charge >= 0.3 is 0 Å². The number of hydrogen-bond donors (Lipinski definition) is 0. The molecular formula is C10H20N2O2. The molecule has 0 spiro atoms. The Morgan fingerprint density at radius 3 is 2.36 bits per heavy atom. The van der Waals surface area contributed by atoms with E-state index in [2.05, 4.69) is 11.9 Å². The van der Waals surface area contributed by atoms with Crippen LogP contribution in [-0.4, -0.2) is 50.2 Å². The molecule has 0 atom stereocenters. The van der Waals surface area contributed by atoms with Gasteiger partial charge < -0.3 is 4.90 Å². The first-order chi connectivity index (χ1) is 6.49. The van der Waals surface area contributed by atoms with Crippen LogP contribution in [0, 0.1) is 5.41 Å². The van der Waals surface area contributed by atoms with Crippen molar-refractivity contribution in [3.63, 3.8) is 0 Å². The molecule has 0 bridgehead atoms. The fraction of sp³-hybridized carbons (Fsp3) is 0.900. The van der Waals surface area contributed by atoms with Crippen molar-refractivity contribution in [1.29, 1.82) is 0 Å². The van der Waals surface area contributed by atoms with Gasteiger partial charge in [0.25, 0.3) is 5.91 Å². The molecule has 0 aliphatic carbocycles. The van der Waals surface area contributed by atoms with Crippen LogP contribution in [0.1, 0.15) is 19.8 Å². The van der Waals surface area contributed by atoms with Crippen LogP contribution >= 0.6 is 0 Å². The van der Waals surface area contributed by atoms with Gasteiger partial charge in [0.2, 0.25) is 0 Å². The summed E-state index contributed by atoms with van der Waals surface area (Å²) < 4.78 is 0. The number of piperidine rings is 1. The van der Waals surface area contributed by atoms with Crippen molar-refractivity contribution in [2.45, 2.75) is 19.8 Å². The maximum atomic E-state index is 11.9. The number of nitrogens with zero attached hydrogens (tertiary/aromatic N) is 2. The van der Waals surface area contributed by atoms with Crippen molar-refractivity contribution in [1.82, 2.24) is 9.96 Å². The predicted molar refractivity (Wildman–Crippen MR) is 54.6 cm³/mol. The topological polar surface area (TPSA) is 32.8 Å². The molecule has 0 aromatic heterocycles. The van der Waals surface area contributed by atoms with Crippen LogP contribution < -0.4 is 0 Å². The monoisotopic (exact) mass is 200 g/mol. The summed E-state index contributed by atoms with van der Waals surface area (Å²) >= 11 is 0. The van der Waals surface area contributed by atoms with Crippen LogP contribution in [0.5, 0.6) is 0 Å². The molecule has 0 aromatic rings. The highest BCUT2D eigenvalue weighted by atomic mass is 16.7. The second-order valence-electron chi connectivity index (χ2n) is 4.35. The minimum atomic E-state index is -0.239. The fourth-order valence-electron chi connectivity index (χ4n) is 1.79. The van der Waals surface area contributed by atoms with E-state index in [1.165, 1.54) is 12.2 Å². The quantitative estimate of drug-likeness (QED) is 0.616. The van der Waals surface area contributed by atoms with Crippen molar-refractivity contribution in [3.05, 3.63) is 0 Å². The van der Waals surface area contributed by atoms with Crippen LogP contribution in [0.25, 0.3) is 0 Å². The highest BCUT2D eigenvalue weighted by Gasteiger charge is 2.38. The average Bonchev–Trinajstić information content (AvgIpc) is 2.20. The molecule has 0 N–H and O–H groups in total. The van der Waals surface area contributed by atoms with Crippen LogP contribution in [0.3, 0.4) is 0 Å². The Morgan fingerprint density at radius 2 is 1.93 bits per heavy atom. The average molecular weight is 200 g/mol. The lowest BCUT2D eigenvalue weighted by Crippen LogP contribution is -2.46. The highest BCUT2D eigenvalue weighted by molar-refractivity contribution is 5.81. The van der Waals surface area contributed by atoms with E-state index >= 15 is 0 Å². The van der Waals surface area contributed by atoms with E-state index in [-0.39, 0.29) is 11.3 Å². The summed E-state index contributed by atoms with van der Waals surface area (Å²) in [5, 5.41) is 1.34. The van der Waals surface area contributed by atoms with E-state index in [9.17, 15) is 4.79 Å². The van der Waals surface area contributed by atoms with Crippen LogP contribution in [0.4, 0.5) is 0 Å². The van der Waals surface area contributed by atoms with Gasteiger partial charge in [-0.3, -0.25) is 9.63 Å². The molecule has 0 radical (unpaired) electrons. The van der Waals surface area contributed by atoms with Crippen molar-refractivity contribution in [2.24, 2.45) is 5.41 Å². The number of hydrogen-bond acceptors (Lipinski definition) is 3. The van der Waals surface area contributed by atoms with Gasteiger partial charge in [-0.05, 0) is 33.0 Å². The van der Waals surface area contributed by atoms with Gasteiger partial charge in [-0.2, -0.15) is 0 Å². The Bertz CT molecular complexity index is 210. The van der Waals surface area contributed by atoms with Crippen LogP contribution in [0.2, 0.25) is 0 Å². The van der Waals surface area contributed by atoms with Crippen LogP contribution in [-0.2, 0) is 9.63 Å². The second kappa shape index (κ2) is 4.28. The molecule has 82 valence electrons. The Labute approximate surface area is 85.8 Å². The first-order valence-corrected chi connectivity index (χ1v) is 5.00. The van der Waals surface area contributed by atoms with Gasteiger partial charge in [0.15, 0.2) is 0 Å². The number of carbonyl (C=O) groups excluding carboxylic acids is 1. The molecule has 14 heavy (non-hydrogen) atoms. The first-order valence-electron chi connectivity index (χ1n) is 5.00. The maximum Gasteiger partial charge on any atom is 0.251 e. The number of carbonyl (C=O) groups is 1. The molecular weight excluding hydrogens is 180 g/mol. The van der Waals surface area contributed by atoms with E-state index in [1.54, 1.807) is 7.05 Å². The molecule has 4 heteroatoms. The number of rotatable bonds is 2. The van der Waals surface area contributed by atoms with Crippen molar-refractivity contribution in [3.8, 4) is 0 Å². The second-order valence-corrected chi connectivity index (χ2v) is 4.35. The summed E-state index contributed by atoms with van der Waals surface area (Å²) in [6, 6.07) is 0. The zero-order valence-electron chi connectivity index (χ0n) is 9.54. The summed E-state index contributed by atoms with van der Waals surface area (Å²) in [4.78, 5) is 19.1. The first kappa shape index (κ1) is 11.5. The van der Waals surface area contributed by atoms with E-state index in [0.717, 1.165) is 25.9 Å². The molecule has 0 aromatic carbocycles. The number of likely N-dealkylation sites (tertiary alicyclic amines) is 1. The van der Waals surface area contributed by atoms with Crippen molar-refractivity contribution < 1.29 is 9.63 Å². The van der Waals surface area contributed by atoms with Gasteiger partial charge in [-0.25, -0.2) is 5.06 Å². The maximum absolute atomic E-state index is 11.9. The molecule has 4 nitrogen and oxygen atoms in total. The molecule has 1 fully saturated rings. The zero-order valence-corrected chi connectivity index (χ0v) is 9.54. The summed E-state index contributed by atoms with van der Waals surface area (Å²) in [6.07, 6.45) is 1.83.